The molecule has 0 amide bonds. The molecule has 0 saturated carbocycles. The second-order valence-corrected chi connectivity index (χ2v) is 4.28. The van der Waals surface area contributed by atoms with Crippen LogP contribution in [0, 0.1) is 0 Å². The number of hydrogen-bond donors (Lipinski definition) is 1. The molecule has 0 aliphatic rings. The minimum atomic E-state index is 0.992. The summed E-state index contributed by atoms with van der Waals surface area (Å²) in [7, 11) is 0. The van der Waals surface area contributed by atoms with E-state index >= 15 is 0 Å². The van der Waals surface area contributed by atoms with Gasteiger partial charge in [-0.1, -0.05) is 19.1 Å². The number of hydrogen-bond acceptors (Lipinski definition) is 2. The third-order valence-electron chi connectivity index (χ3n) is 2.29. The van der Waals surface area contributed by atoms with Gasteiger partial charge in [0.1, 0.15) is 0 Å². The second-order valence-electron chi connectivity index (χ2n) is 3.42. The first-order valence-corrected chi connectivity index (χ1v) is 5.89. The lowest BCUT2D eigenvalue weighted by Crippen LogP contribution is -2.00. The number of rotatable bonds is 3. The SMILES string of the molecule is CCCNc1ccnc2c(Br)cccc12. The van der Waals surface area contributed by atoms with Gasteiger partial charge in [0.25, 0.3) is 0 Å². The molecule has 1 aromatic heterocycles. The number of para-hydroxylation sites is 1. The van der Waals surface area contributed by atoms with Gasteiger partial charge >= 0.3 is 0 Å². The molecule has 0 atom stereocenters. The number of fused-ring (bicyclic) bond motifs is 1. The zero-order valence-corrected chi connectivity index (χ0v) is 10.2. The normalized spacial score (nSPS) is 10.5. The Hall–Kier alpha value is -1.09. The van der Waals surface area contributed by atoms with Gasteiger partial charge in [-0.2, -0.15) is 0 Å². The van der Waals surface area contributed by atoms with Crippen LogP contribution in [0.4, 0.5) is 5.69 Å². The summed E-state index contributed by atoms with van der Waals surface area (Å²) in [6.07, 6.45) is 2.96. The molecule has 0 unspecified atom stereocenters. The number of aromatic nitrogens is 1. The first-order chi connectivity index (χ1) is 7.33. The van der Waals surface area contributed by atoms with Gasteiger partial charge in [-0.25, -0.2) is 0 Å². The Labute approximate surface area is 97.8 Å². The molecule has 0 bridgehead atoms. The van der Waals surface area contributed by atoms with Crippen molar-refractivity contribution in [2.45, 2.75) is 13.3 Å². The van der Waals surface area contributed by atoms with E-state index in [0.29, 0.717) is 0 Å². The van der Waals surface area contributed by atoms with E-state index in [2.05, 4.69) is 39.2 Å². The third kappa shape index (κ3) is 2.12. The highest BCUT2D eigenvalue weighted by molar-refractivity contribution is 9.10. The molecule has 0 spiro atoms. The van der Waals surface area contributed by atoms with Crippen molar-refractivity contribution in [3.8, 4) is 0 Å². The zero-order valence-electron chi connectivity index (χ0n) is 8.63. The number of nitrogens with zero attached hydrogens (tertiary/aromatic N) is 1. The van der Waals surface area contributed by atoms with Crippen LogP contribution in [0.1, 0.15) is 13.3 Å². The van der Waals surface area contributed by atoms with Crippen LogP contribution in [0.25, 0.3) is 10.9 Å². The number of anilines is 1. The fourth-order valence-corrected chi connectivity index (χ4v) is 2.02. The van der Waals surface area contributed by atoms with E-state index in [9.17, 15) is 0 Å². The summed E-state index contributed by atoms with van der Waals surface area (Å²) in [5.74, 6) is 0. The Bertz CT molecular complexity index is 468. The first-order valence-electron chi connectivity index (χ1n) is 5.10. The Kier molecular flexibility index (Phi) is 3.21. The molecule has 78 valence electrons. The van der Waals surface area contributed by atoms with Crippen molar-refractivity contribution >= 4 is 32.5 Å². The summed E-state index contributed by atoms with van der Waals surface area (Å²) in [6, 6.07) is 8.15. The monoisotopic (exact) mass is 264 g/mol. The topological polar surface area (TPSA) is 24.9 Å². The number of nitrogens with one attached hydrogen (secondary N) is 1. The lowest BCUT2D eigenvalue weighted by molar-refractivity contribution is 0.981. The van der Waals surface area contributed by atoms with E-state index in [1.165, 1.54) is 5.39 Å². The number of benzene rings is 1. The van der Waals surface area contributed by atoms with Crippen LogP contribution in [0.15, 0.2) is 34.9 Å². The van der Waals surface area contributed by atoms with Gasteiger partial charge in [0.05, 0.1) is 5.52 Å². The highest BCUT2D eigenvalue weighted by Crippen LogP contribution is 2.27. The molecule has 0 fully saturated rings. The van der Waals surface area contributed by atoms with Gasteiger partial charge in [0.15, 0.2) is 0 Å². The molecule has 2 rings (SSSR count). The third-order valence-corrected chi connectivity index (χ3v) is 2.93. The lowest BCUT2D eigenvalue weighted by atomic mass is 10.2. The largest absolute Gasteiger partial charge is 0.384 e. The summed E-state index contributed by atoms with van der Waals surface area (Å²) in [5, 5.41) is 4.57. The van der Waals surface area contributed by atoms with E-state index in [-0.39, 0.29) is 0 Å². The number of pyridine rings is 1. The molecular formula is C12H13BrN2. The summed E-state index contributed by atoms with van der Waals surface area (Å²) in [4.78, 5) is 4.36. The zero-order chi connectivity index (χ0) is 10.7. The van der Waals surface area contributed by atoms with Crippen LogP contribution in [0.3, 0.4) is 0 Å². The fraction of sp³-hybridized carbons (Fsp3) is 0.250. The Morgan fingerprint density at radius 2 is 2.20 bits per heavy atom. The maximum atomic E-state index is 4.36. The number of halogens is 1. The van der Waals surface area contributed by atoms with Gasteiger partial charge in [0, 0.05) is 28.3 Å². The standard InChI is InChI=1S/C12H13BrN2/c1-2-7-14-11-6-8-15-12-9(11)4-3-5-10(12)13/h3-6,8H,2,7H2,1H3,(H,14,15). The Balaban J connectivity index is 2.51. The smallest absolute Gasteiger partial charge is 0.0864 e. The van der Waals surface area contributed by atoms with E-state index in [4.69, 9.17) is 0 Å². The van der Waals surface area contributed by atoms with Crippen LogP contribution >= 0.6 is 15.9 Å². The Morgan fingerprint density at radius 3 is 3.00 bits per heavy atom. The van der Waals surface area contributed by atoms with Crippen molar-refractivity contribution in [1.29, 1.82) is 0 Å². The maximum Gasteiger partial charge on any atom is 0.0864 e. The molecule has 3 heteroatoms. The minimum absolute atomic E-state index is 0.992. The highest BCUT2D eigenvalue weighted by atomic mass is 79.9. The van der Waals surface area contributed by atoms with Crippen molar-refractivity contribution in [3.63, 3.8) is 0 Å². The molecule has 15 heavy (non-hydrogen) atoms. The van der Waals surface area contributed by atoms with Gasteiger partial charge < -0.3 is 5.32 Å². The van der Waals surface area contributed by atoms with Crippen molar-refractivity contribution in [2.24, 2.45) is 0 Å². The van der Waals surface area contributed by atoms with E-state index in [0.717, 1.165) is 28.6 Å². The second kappa shape index (κ2) is 4.62. The average molecular weight is 265 g/mol. The van der Waals surface area contributed by atoms with Crippen LogP contribution < -0.4 is 5.32 Å². The van der Waals surface area contributed by atoms with Crippen molar-refractivity contribution in [1.82, 2.24) is 4.98 Å². The van der Waals surface area contributed by atoms with Crippen LogP contribution in [-0.2, 0) is 0 Å². The van der Waals surface area contributed by atoms with Gasteiger partial charge in [-0.15, -0.1) is 0 Å². The van der Waals surface area contributed by atoms with E-state index in [1.807, 2.05) is 24.4 Å². The maximum absolute atomic E-state index is 4.36. The molecular weight excluding hydrogens is 252 g/mol. The predicted molar refractivity (Wildman–Crippen MR) is 68.2 cm³/mol. The van der Waals surface area contributed by atoms with E-state index in [1.54, 1.807) is 0 Å². The highest BCUT2D eigenvalue weighted by Gasteiger charge is 2.03. The predicted octanol–water partition coefficient (Wildman–Crippen LogP) is 3.82. The van der Waals surface area contributed by atoms with Crippen LogP contribution in [-0.4, -0.2) is 11.5 Å². The van der Waals surface area contributed by atoms with Crippen molar-refractivity contribution < 1.29 is 0 Å². The van der Waals surface area contributed by atoms with Crippen molar-refractivity contribution in [3.05, 3.63) is 34.9 Å². The summed E-state index contributed by atoms with van der Waals surface area (Å²) in [5.41, 5.74) is 2.17. The quantitative estimate of drug-likeness (QED) is 0.912. The summed E-state index contributed by atoms with van der Waals surface area (Å²) < 4.78 is 1.04. The molecule has 1 aromatic carbocycles. The fourth-order valence-electron chi connectivity index (χ4n) is 1.55. The van der Waals surface area contributed by atoms with Gasteiger partial charge in [-0.05, 0) is 34.5 Å². The van der Waals surface area contributed by atoms with Gasteiger partial charge in [-0.3, -0.25) is 4.98 Å². The molecule has 0 aliphatic heterocycles. The van der Waals surface area contributed by atoms with Crippen molar-refractivity contribution in [2.75, 3.05) is 11.9 Å². The lowest BCUT2D eigenvalue weighted by Gasteiger charge is -2.08. The van der Waals surface area contributed by atoms with Crippen LogP contribution in [0.2, 0.25) is 0 Å². The minimum Gasteiger partial charge on any atom is -0.384 e. The summed E-state index contributed by atoms with van der Waals surface area (Å²) in [6.45, 7) is 3.15. The van der Waals surface area contributed by atoms with Crippen LogP contribution in [0.5, 0.6) is 0 Å². The van der Waals surface area contributed by atoms with E-state index < -0.39 is 0 Å². The summed E-state index contributed by atoms with van der Waals surface area (Å²) >= 11 is 3.51. The molecule has 0 aliphatic carbocycles. The molecule has 0 saturated heterocycles. The molecule has 2 nitrogen and oxygen atoms in total. The molecule has 1 N–H and O–H groups in total. The molecule has 2 aromatic rings. The molecule has 1 heterocycles. The first kappa shape index (κ1) is 10.4. The van der Waals surface area contributed by atoms with Gasteiger partial charge in [0.2, 0.25) is 0 Å². The molecule has 0 radical (unpaired) electrons. The average Bonchev–Trinajstić information content (AvgIpc) is 2.27. The Morgan fingerprint density at radius 1 is 1.33 bits per heavy atom.